The van der Waals surface area contributed by atoms with E-state index in [1.165, 1.54) is 29.5 Å². The van der Waals surface area contributed by atoms with Crippen LogP contribution in [0.1, 0.15) is 212 Å². The molecule has 0 aromatic heterocycles. The van der Waals surface area contributed by atoms with Crippen molar-refractivity contribution in [3.8, 4) is 102 Å². The number of hydrogen-bond donors (Lipinski definition) is 3. The normalized spacial score (nSPS) is 15.5. The van der Waals surface area contributed by atoms with Crippen molar-refractivity contribution in [3.05, 3.63) is 178 Å². The van der Waals surface area contributed by atoms with E-state index in [1.54, 1.807) is 75.1 Å². The molecule has 21 heteroatoms. The van der Waals surface area contributed by atoms with E-state index in [9.17, 15) is 10.2 Å². The number of diazo groups is 2. The lowest BCUT2D eigenvalue weighted by molar-refractivity contribution is 0.123. The van der Waals surface area contributed by atoms with Crippen LogP contribution < -0.4 is 48.8 Å². The van der Waals surface area contributed by atoms with Crippen LogP contribution in [-0.2, 0) is 21.0 Å². The Kier molecular flexibility index (Phi) is 50.4. The van der Waals surface area contributed by atoms with Gasteiger partial charge in [-0.2, -0.15) is 0 Å². The lowest BCUT2D eigenvalue weighted by Gasteiger charge is -2.42. The van der Waals surface area contributed by atoms with Gasteiger partial charge >= 0.3 is 11.4 Å². The highest BCUT2D eigenvalue weighted by molar-refractivity contribution is 6.85. The van der Waals surface area contributed by atoms with Crippen molar-refractivity contribution in [2.45, 2.75) is 225 Å². The van der Waals surface area contributed by atoms with Crippen molar-refractivity contribution in [2.75, 3.05) is 81.9 Å². The molecular formula is C103H151Cl4N5O12+2. The minimum absolute atomic E-state index is 0. The Morgan fingerprint density at radius 3 is 0.919 bits per heavy atom. The van der Waals surface area contributed by atoms with Crippen LogP contribution >= 0.6 is 44.9 Å². The van der Waals surface area contributed by atoms with Crippen LogP contribution in [0.3, 0.4) is 0 Å². The number of aryl methyl sites for hydroxylation is 1. The van der Waals surface area contributed by atoms with Crippen LogP contribution in [-0.4, -0.2) is 104 Å². The predicted octanol–water partition coefficient (Wildman–Crippen LogP) is 30.4. The third kappa shape index (κ3) is 29.4. The van der Waals surface area contributed by atoms with Gasteiger partial charge in [0.25, 0.3) is 0 Å². The first kappa shape index (κ1) is 112. The molecule has 0 bridgehead atoms. The fourth-order valence-corrected chi connectivity index (χ4v) is 16.2. The molecule has 9 rings (SSSR count). The van der Waals surface area contributed by atoms with Gasteiger partial charge in [0.05, 0.1) is 81.3 Å². The Hall–Kier alpha value is -8.36. The molecule has 0 amide bonds. The highest BCUT2D eigenvalue weighted by Crippen LogP contribution is 2.51. The van der Waals surface area contributed by atoms with Crippen molar-refractivity contribution < 1.29 is 57.6 Å². The lowest BCUT2D eigenvalue weighted by atomic mass is 9.63. The zero-order valence-corrected chi connectivity index (χ0v) is 83.2. The van der Waals surface area contributed by atoms with E-state index >= 15 is 0 Å². The van der Waals surface area contributed by atoms with Gasteiger partial charge < -0.3 is 63.7 Å². The summed E-state index contributed by atoms with van der Waals surface area (Å²) in [7, 11) is 21.4. The molecule has 17 nitrogen and oxygen atoms in total. The van der Waals surface area contributed by atoms with E-state index < -0.39 is 6.10 Å². The summed E-state index contributed by atoms with van der Waals surface area (Å²) in [5.41, 5.74) is 13.9. The summed E-state index contributed by atoms with van der Waals surface area (Å²) in [6.45, 7) is 49.3. The number of aliphatic hydroxyl groups is 1. The van der Waals surface area contributed by atoms with Crippen LogP contribution in [0.15, 0.2) is 146 Å². The number of epoxide rings is 1. The Labute approximate surface area is 766 Å². The first-order valence-corrected chi connectivity index (χ1v) is 45.9. The number of aromatic hydroxyl groups is 1. The number of phenols is 1. The molecule has 0 radical (unpaired) electrons. The number of aliphatic hydroxyl groups excluding tert-OH is 1. The van der Waals surface area contributed by atoms with E-state index in [0.29, 0.717) is 87.6 Å². The SMILES string of the molecule is CCC(C)C(C)(c1ccc(-c2ccc(O)c(OC)c2)cc1OC)C(C)CC.CCC(C)C(C)(c1ccc(-c2ccc(OCC(O)CCl)c(OC)c2)cc1OC)C(C)CC.CCC(C)C(C)(c1ccc(-c2ccc([N+]#N)c(OC)c2)cc1OC)C(C)CC.CCC(C)C(C)C(C)CC.COc1cc(-c2ccc([N+]#N)c(OC)c2)ccc1C.ClCC1CO1.ClCl.N. The molecule has 1 saturated heterocycles. The summed E-state index contributed by atoms with van der Waals surface area (Å²) in [5, 5.41) is 37.5. The fraction of sp³-hybridized carbons (Fsp3) is 0.534. The second-order valence-electron chi connectivity index (χ2n) is 33.2. The Bertz CT molecular complexity index is 4510. The first-order chi connectivity index (χ1) is 58.7. The zero-order chi connectivity index (χ0) is 92.6. The number of nitrogens with zero attached hydrogens (tertiary/aromatic N) is 4. The number of benzene rings is 8. The summed E-state index contributed by atoms with van der Waals surface area (Å²) >= 11 is 10.9. The predicted molar refractivity (Wildman–Crippen MR) is 522 cm³/mol. The minimum Gasteiger partial charge on any atom is -0.504 e. The molecule has 10 unspecified atom stereocenters. The van der Waals surface area contributed by atoms with Crippen molar-refractivity contribution in [3.63, 3.8) is 0 Å². The molecule has 686 valence electrons. The number of hydrogen-bond acceptors (Lipinski definition) is 15. The molecule has 1 aliphatic heterocycles. The average molecular weight is 1790 g/mol. The van der Waals surface area contributed by atoms with Gasteiger partial charge in [-0.1, -0.05) is 251 Å². The molecule has 5 N–H and O–H groups in total. The highest BCUT2D eigenvalue weighted by atomic mass is 36.5. The Morgan fingerprint density at radius 2 is 0.653 bits per heavy atom. The molecule has 0 aliphatic carbocycles. The van der Waals surface area contributed by atoms with E-state index in [4.69, 9.17) is 81.4 Å². The smallest absolute Gasteiger partial charge is 0.426 e. The maximum absolute atomic E-state index is 9.86. The average Bonchev–Trinajstić information content (AvgIpc) is 1.50. The van der Waals surface area contributed by atoms with Crippen LogP contribution in [0.2, 0.25) is 0 Å². The zero-order valence-electron chi connectivity index (χ0n) is 80.2. The Morgan fingerprint density at radius 1 is 0.387 bits per heavy atom. The molecule has 0 spiro atoms. The van der Waals surface area contributed by atoms with Gasteiger partial charge in [-0.3, -0.25) is 0 Å². The quantitative estimate of drug-likeness (QED) is 0.0188. The highest BCUT2D eigenvalue weighted by Gasteiger charge is 2.42. The fourth-order valence-electron chi connectivity index (χ4n) is 15.9. The molecule has 1 heterocycles. The van der Waals surface area contributed by atoms with E-state index in [-0.39, 0.29) is 40.6 Å². The molecule has 124 heavy (non-hydrogen) atoms. The third-order valence-corrected chi connectivity index (χ3v) is 27.8. The Balaban J connectivity index is 0.000000529. The van der Waals surface area contributed by atoms with E-state index in [1.807, 2.05) is 79.7 Å². The van der Waals surface area contributed by atoms with Crippen molar-refractivity contribution in [2.24, 2.45) is 53.3 Å². The van der Waals surface area contributed by atoms with Gasteiger partial charge in [0, 0.05) is 66.8 Å². The topological polar surface area (TPSA) is 227 Å². The van der Waals surface area contributed by atoms with Crippen molar-refractivity contribution >= 4 is 56.3 Å². The molecule has 8 aromatic carbocycles. The second kappa shape index (κ2) is 56.0. The number of alkyl halides is 2. The number of methoxy groups -OCH3 is 8. The molecule has 1 aliphatic rings. The largest absolute Gasteiger partial charge is 0.504 e. The monoisotopic (exact) mass is 1790 g/mol. The summed E-state index contributed by atoms with van der Waals surface area (Å²) < 4.78 is 54.6. The van der Waals surface area contributed by atoms with E-state index in [0.717, 1.165) is 136 Å². The summed E-state index contributed by atoms with van der Waals surface area (Å²) in [4.78, 5) is 6.44. The molecule has 0 saturated carbocycles. The van der Waals surface area contributed by atoms with Crippen molar-refractivity contribution in [1.82, 2.24) is 6.15 Å². The van der Waals surface area contributed by atoms with Crippen LogP contribution in [0.5, 0.6) is 57.5 Å². The standard InChI is InChI=1S/C27H39ClO4.C24H33N2O2.C24H34O3.C15H15N2O2.C10H22.C3H5ClO.Cl2.H3N/c1-8-18(3)27(5,19(4)9-2)23-12-10-20(14-25(23)30-6)21-11-13-24(26(15-21)31-7)32-17-22(29)16-28;1-8-16(3)24(5,17(4)9-2)20-12-10-18(14-22(20)27-6)19-11-13-21(26-25)23(15-19)28-7;1-8-16(3)24(5,17(4)9-2)20-12-10-18(14-22(20)26-6)19-11-13-21(25)23(15-19)27-7;1-10-4-5-11(8-14(10)18-2)12-6-7-13(17-16)15(9-12)19-3;1-6-8(3)10(5)9(4)7-2;4-1-3-2-5-3;1-2;/h10-15,18-19,22,29H,8-9,16-17H2,1-7H3;10-17H,8-9H2,1-7H3;10-17,25H,8-9H2,1-7H3;4-9H,1-3H3;8-10H,6-7H2,1-5H3;3H,1-2H2;;1H3/q;+1;;+1;;;;. The van der Waals surface area contributed by atoms with Gasteiger partial charge in [-0.15, -0.1) is 23.2 Å². The summed E-state index contributed by atoms with van der Waals surface area (Å²) in [6.07, 6.45) is 9.05. The number of phenolic OH excluding ortho intramolecular Hbond substituents is 1. The van der Waals surface area contributed by atoms with Gasteiger partial charge in [0.15, 0.2) is 32.9 Å². The summed E-state index contributed by atoms with van der Waals surface area (Å²) in [6, 6.07) is 47.6. The molecule has 10 atom stereocenters. The van der Waals surface area contributed by atoms with Crippen LogP contribution in [0, 0.1) is 71.0 Å². The van der Waals surface area contributed by atoms with Crippen LogP contribution in [0.25, 0.3) is 54.5 Å². The molecular weight excluding hydrogens is 1640 g/mol. The van der Waals surface area contributed by atoms with Gasteiger partial charge in [-0.25, -0.2) is 0 Å². The van der Waals surface area contributed by atoms with Gasteiger partial charge in [-0.05, 0) is 183 Å². The lowest BCUT2D eigenvalue weighted by Crippen LogP contribution is -2.37. The number of ether oxygens (including phenoxy) is 10. The van der Waals surface area contributed by atoms with Crippen LogP contribution in [0.4, 0.5) is 11.4 Å². The number of rotatable bonds is 36. The first-order valence-electron chi connectivity index (χ1n) is 43.7. The van der Waals surface area contributed by atoms with Crippen molar-refractivity contribution in [1.29, 1.82) is 10.8 Å². The third-order valence-electron chi connectivity index (χ3n) is 27.1. The second-order valence-corrected chi connectivity index (χ2v) is 33.8. The van der Waals surface area contributed by atoms with Gasteiger partial charge in [0.2, 0.25) is 22.3 Å². The number of halogens is 4. The van der Waals surface area contributed by atoms with E-state index in [2.05, 4.69) is 225 Å². The summed E-state index contributed by atoms with van der Waals surface area (Å²) in [5.74, 6) is 13.1. The maximum Gasteiger partial charge on any atom is 0.426 e. The minimum atomic E-state index is -0.719. The molecule has 1 fully saturated rings. The molecule has 8 aromatic rings. The maximum atomic E-state index is 9.86. The van der Waals surface area contributed by atoms with Gasteiger partial charge in [0.1, 0.15) is 35.7 Å².